The molecular formula is C6H14N2O. The van der Waals surface area contributed by atoms with E-state index in [0.717, 1.165) is 6.17 Å². The Morgan fingerprint density at radius 1 is 1.78 bits per heavy atom. The Morgan fingerprint density at radius 2 is 2.44 bits per heavy atom. The van der Waals surface area contributed by atoms with Gasteiger partial charge in [0.2, 0.25) is 0 Å². The lowest BCUT2D eigenvalue weighted by molar-refractivity contribution is 0.318. The van der Waals surface area contributed by atoms with Crippen LogP contribution in [-0.4, -0.2) is 42.4 Å². The van der Waals surface area contributed by atoms with Crippen LogP contribution in [0.2, 0.25) is 0 Å². The monoisotopic (exact) mass is 130 g/mol. The highest BCUT2D eigenvalue weighted by atomic mass is 16.2. The third kappa shape index (κ3) is 1.93. The van der Waals surface area contributed by atoms with E-state index in [2.05, 4.69) is 10.2 Å². The Hall–Kier alpha value is -0.120. The molecule has 0 aromatic carbocycles. The molecule has 0 spiro atoms. The Bertz CT molecular complexity index is 79.1. The predicted molar refractivity (Wildman–Crippen MR) is 36.1 cm³/mol. The number of fused-ring (bicyclic) bond motifs is 1. The van der Waals surface area contributed by atoms with Crippen molar-refractivity contribution in [2.45, 2.75) is 13.1 Å². The molecular weight excluding hydrogens is 116 g/mol. The van der Waals surface area contributed by atoms with Gasteiger partial charge in [0.25, 0.3) is 0 Å². The molecule has 2 rings (SSSR count). The van der Waals surface area contributed by atoms with Crippen molar-refractivity contribution in [1.29, 1.82) is 0 Å². The summed E-state index contributed by atoms with van der Waals surface area (Å²) in [6.07, 6.45) is 0.796. The molecule has 2 aliphatic heterocycles. The minimum absolute atomic E-state index is 0.250. The van der Waals surface area contributed by atoms with E-state index >= 15 is 0 Å². The minimum atomic E-state index is 0.250. The fourth-order valence-electron chi connectivity index (χ4n) is 0.991. The maximum absolute atomic E-state index is 7.57. The maximum Gasteiger partial charge on any atom is 0.0730 e. The van der Waals surface area contributed by atoms with Gasteiger partial charge in [0.15, 0.2) is 0 Å². The first-order chi connectivity index (χ1) is 4.38. The molecule has 0 aliphatic carbocycles. The van der Waals surface area contributed by atoms with Crippen LogP contribution in [0.4, 0.5) is 0 Å². The quantitative estimate of drug-likeness (QED) is 0.423. The molecule has 3 heteroatoms. The van der Waals surface area contributed by atoms with Gasteiger partial charge in [-0.05, 0) is 6.92 Å². The lowest BCUT2D eigenvalue weighted by Crippen LogP contribution is -2.13. The number of hydrogen-bond donors (Lipinski definition) is 2. The third-order valence-electron chi connectivity index (χ3n) is 1.49. The van der Waals surface area contributed by atoms with Gasteiger partial charge in [0.05, 0.1) is 6.17 Å². The molecule has 2 heterocycles. The summed E-state index contributed by atoms with van der Waals surface area (Å²) in [6, 6.07) is 0. The lowest BCUT2D eigenvalue weighted by atomic mass is 10.6. The third-order valence-corrected chi connectivity index (χ3v) is 1.49. The molecule has 2 N–H and O–H groups in total. The van der Waals surface area contributed by atoms with Gasteiger partial charge in [-0.15, -0.1) is 0 Å². The van der Waals surface area contributed by atoms with Crippen LogP contribution in [0.1, 0.15) is 6.92 Å². The van der Waals surface area contributed by atoms with Crippen LogP contribution in [0.5, 0.6) is 0 Å². The summed E-state index contributed by atoms with van der Waals surface area (Å²) in [5.41, 5.74) is 0. The highest BCUT2D eigenvalue weighted by Gasteiger charge is 2.37. The molecule has 54 valence electrons. The van der Waals surface area contributed by atoms with Crippen LogP contribution in [0.15, 0.2) is 0 Å². The molecule has 0 bridgehead atoms. The number of rotatable bonds is 0. The second-order valence-corrected chi connectivity index (χ2v) is 2.28. The van der Waals surface area contributed by atoms with Crippen molar-refractivity contribution in [2.24, 2.45) is 0 Å². The van der Waals surface area contributed by atoms with Gasteiger partial charge in [-0.25, -0.2) is 0 Å². The molecule has 2 unspecified atom stereocenters. The zero-order valence-electron chi connectivity index (χ0n) is 5.80. The van der Waals surface area contributed by atoms with Gasteiger partial charge in [0.1, 0.15) is 0 Å². The van der Waals surface area contributed by atoms with E-state index in [1.165, 1.54) is 19.6 Å². The molecule has 0 amide bonds. The van der Waals surface area contributed by atoms with Gasteiger partial charge in [0, 0.05) is 26.2 Å². The zero-order valence-corrected chi connectivity index (χ0v) is 5.80. The van der Waals surface area contributed by atoms with Gasteiger partial charge in [-0.1, -0.05) is 0 Å². The fourth-order valence-corrected chi connectivity index (χ4v) is 0.991. The Kier molecular flexibility index (Phi) is 2.45. The minimum Gasteiger partial charge on any atom is -0.397 e. The smallest absolute Gasteiger partial charge is 0.0730 e. The summed E-state index contributed by atoms with van der Waals surface area (Å²) < 4.78 is 0. The maximum atomic E-state index is 7.57. The van der Waals surface area contributed by atoms with Crippen LogP contribution in [0, 0.1) is 0 Å². The molecule has 0 aromatic heterocycles. The summed E-state index contributed by atoms with van der Waals surface area (Å²) >= 11 is 0. The Morgan fingerprint density at radius 3 is 2.56 bits per heavy atom. The summed E-state index contributed by atoms with van der Waals surface area (Å²) in [7, 11) is 0. The number of hydrogen-bond acceptors (Lipinski definition) is 3. The van der Waals surface area contributed by atoms with E-state index in [1.807, 2.05) is 0 Å². The number of aliphatic hydroxyl groups excluding tert-OH is 1. The van der Waals surface area contributed by atoms with E-state index in [4.69, 9.17) is 5.11 Å². The zero-order chi connectivity index (χ0) is 6.69. The molecule has 2 aliphatic rings. The summed E-state index contributed by atoms with van der Waals surface area (Å²) in [4.78, 5) is 2.42. The molecule has 0 radical (unpaired) electrons. The van der Waals surface area contributed by atoms with Crippen LogP contribution < -0.4 is 5.32 Å². The molecule has 2 saturated heterocycles. The standard InChI is InChI=1S/C4H8N2.C2H6O/c1-2-6-3-4(6)5-1;1-2-3/h4-5H,1-3H2;3H,2H2,1H3. The average molecular weight is 130 g/mol. The molecule has 2 fully saturated rings. The largest absolute Gasteiger partial charge is 0.397 e. The summed E-state index contributed by atoms with van der Waals surface area (Å²) in [5, 5.41) is 10.9. The number of aliphatic hydroxyl groups is 1. The highest BCUT2D eigenvalue weighted by molar-refractivity contribution is 4.92. The number of piperazine rings is 1. The van der Waals surface area contributed by atoms with Gasteiger partial charge in [-0.2, -0.15) is 0 Å². The van der Waals surface area contributed by atoms with E-state index in [1.54, 1.807) is 6.92 Å². The Labute approximate surface area is 55.7 Å². The van der Waals surface area contributed by atoms with Gasteiger partial charge < -0.3 is 5.11 Å². The van der Waals surface area contributed by atoms with Crippen molar-refractivity contribution in [1.82, 2.24) is 10.2 Å². The van der Waals surface area contributed by atoms with Crippen molar-refractivity contribution in [3.05, 3.63) is 0 Å². The highest BCUT2D eigenvalue weighted by Crippen LogP contribution is 2.16. The van der Waals surface area contributed by atoms with Crippen LogP contribution in [-0.2, 0) is 0 Å². The van der Waals surface area contributed by atoms with Crippen molar-refractivity contribution < 1.29 is 5.11 Å². The van der Waals surface area contributed by atoms with E-state index < -0.39 is 0 Å². The van der Waals surface area contributed by atoms with Gasteiger partial charge >= 0.3 is 0 Å². The first kappa shape index (κ1) is 6.99. The Balaban J connectivity index is 0.000000120. The average Bonchev–Trinajstić information content (AvgIpc) is 2.43. The first-order valence-electron chi connectivity index (χ1n) is 3.46. The summed E-state index contributed by atoms with van der Waals surface area (Å²) in [6.45, 7) is 5.73. The van der Waals surface area contributed by atoms with Crippen molar-refractivity contribution in [2.75, 3.05) is 26.2 Å². The molecule has 0 saturated carbocycles. The predicted octanol–water partition coefficient (Wildman–Crippen LogP) is -0.770. The first-order valence-corrected chi connectivity index (χ1v) is 3.46. The van der Waals surface area contributed by atoms with Crippen LogP contribution >= 0.6 is 0 Å². The summed E-state index contributed by atoms with van der Waals surface area (Å²) in [5.74, 6) is 0. The second-order valence-electron chi connectivity index (χ2n) is 2.28. The number of nitrogens with zero attached hydrogens (tertiary/aromatic N) is 1. The van der Waals surface area contributed by atoms with E-state index in [0.29, 0.717) is 0 Å². The van der Waals surface area contributed by atoms with Crippen LogP contribution in [0.3, 0.4) is 0 Å². The normalized spacial score (nSPS) is 36.7. The number of nitrogens with one attached hydrogen (secondary N) is 1. The lowest BCUT2D eigenvalue weighted by Gasteiger charge is -1.84. The van der Waals surface area contributed by atoms with E-state index in [-0.39, 0.29) is 6.61 Å². The van der Waals surface area contributed by atoms with Crippen molar-refractivity contribution in [3.8, 4) is 0 Å². The molecule has 9 heavy (non-hydrogen) atoms. The van der Waals surface area contributed by atoms with Crippen molar-refractivity contribution in [3.63, 3.8) is 0 Å². The van der Waals surface area contributed by atoms with E-state index in [9.17, 15) is 0 Å². The SMILES string of the molecule is C1CN2CC2N1.CCO. The molecule has 3 nitrogen and oxygen atoms in total. The fraction of sp³-hybridized carbons (Fsp3) is 1.00. The van der Waals surface area contributed by atoms with Crippen LogP contribution in [0.25, 0.3) is 0 Å². The van der Waals surface area contributed by atoms with Crippen molar-refractivity contribution >= 4 is 0 Å². The molecule has 2 atom stereocenters. The van der Waals surface area contributed by atoms with Gasteiger partial charge in [-0.3, -0.25) is 10.2 Å². The topological polar surface area (TPSA) is 35.3 Å². The molecule has 0 aromatic rings. The second kappa shape index (κ2) is 3.15.